The molecule has 2 aromatic rings. The van der Waals surface area contributed by atoms with Gasteiger partial charge < -0.3 is 15.1 Å². The van der Waals surface area contributed by atoms with Gasteiger partial charge in [0.25, 0.3) is 0 Å². The molecule has 1 aromatic heterocycles. The Balaban J connectivity index is 2.42. The Bertz CT molecular complexity index is 613. The standard InChI is InChI=1S/C14H21N3O2/c1-16(2)11(5-4-8-15)10-6-7-13-12(9-10)17(3)14(18)19-13/h6-7,9,11H,4-5,8,15H2,1-3H3. The highest BCUT2D eigenvalue weighted by Crippen LogP contribution is 2.26. The molecular formula is C14H21N3O2. The van der Waals surface area contributed by atoms with Crippen LogP contribution < -0.4 is 11.5 Å². The van der Waals surface area contributed by atoms with E-state index < -0.39 is 0 Å². The van der Waals surface area contributed by atoms with E-state index in [4.69, 9.17) is 10.2 Å². The Morgan fingerprint density at radius 3 is 2.79 bits per heavy atom. The monoisotopic (exact) mass is 263 g/mol. The van der Waals surface area contributed by atoms with Crippen LogP contribution in [0.25, 0.3) is 11.1 Å². The van der Waals surface area contributed by atoms with E-state index in [-0.39, 0.29) is 5.76 Å². The number of rotatable bonds is 5. The molecule has 104 valence electrons. The lowest BCUT2D eigenvalue weighted by atomic mass is 10.0. The average molecular weight is 263 g/mol. The lowest BCUT2D eigenvalue weighted by molar-refractivity contribution is 0.280. The van der Waals surface area contributed by atoms with Gasteiger partial charge in [-0.15, -0.1) is 0 Å². The SMILES string of the molecule is CN(C)C(CCCN)c1ccc2oc(=O)n(C)c2c1. The fourth-order valence-corrected chi connectivity index (χ4v) is 2.39. The molecule has 2 N–H and O–H groups in total. The number of oxazole rings is 1. The fourth-order valence-electron chi connectivity index (χ4n) is 2.39. The van der Waals surface area contributed by atoms with Gasteiger partial charge in [0.05, 0.1) is 5.52 Å². The van der Waals surface area contributed by atoms with Crippen LogP contribution in [0.4, 0.5) is 0 Å². The van der Waals surface area contributed by atoms with Crippen LogP contribution >= 0.6 is 0 Å². The molecular weight excluding hydrogens is 242 g/mol. The molecule has 0 spiro atoms. The van der Waals surface area contributed by atoms with E-state index in [0.29, 0.717) is 18.2 Å². The van der Waals surface area contributed by atoms with Crippen molar-refractivity contribution in [1.29, 1.82) is 0 Å². The van der Waals surface area contributed by atoms with Gasteiger partial charge in [-0.2, -0.15) is 0 Å². The maximum atomic E-state index is 11.5. The first-order chi connectivity index (χ1) is 9.04. The Morgan fingerprint density at radius 1 is 1.42 bits per heavy atom. The summed E-state index contributed by atoms with van der Waals surface area (Å²) in [5, 5.41) is 0. The zero-order valence-corrected chi connectivity index (χ0v) is 11.7. The van der Waals surface area contributed by atoms with Crippen molar-refractivity contribution in [2.75, 3.05) is 20.6 Å². The molecule has 0 bridgehead atoms. The zero-order chi connectivity index (χ0) is 14.0. The minimum absolute atomic E-state index is 0.304. The predicted molar refractivity (Wildman–Crippen MR) is 76.2 cm³/mol. The quantitative estimate of drug-likeness (QED) is 0.887. The van der Waals surface area contributed by atoms with Crippen molar-refractivity contribution in [1.82, 2.24) is 9.47 Å². The van der Waals surface area contributed by atoms with Gasteiger partial charge in [-0.25, -0.2) is 4.79 Å². The summed E-state index contributed by atoms with van der Waals surface area (Å²) >= 11 is 0. The summed E-state index contributed by atoms with van der Waals surface area (Å²) in [5.41, 5.74) is 8.24. The molecule has 0 aliphatic heterocycles. The Hall–Kier alpha value is -1.59. The number of benzene rings is 1. The second kappa shape index (κ2) is 5.59. The first-order valence-corrected chi connectivity index (χ1v) is 6.50. The van der Waals surface area contributed by atoms with E-state index in [9.17, 15) is 4.79 Å². The van der Waals surface area contributed by atoms with Gasteiger partial charge in [-0.05, 0) is 51.2 Å². The predicted octanol–water partition coefficient (Wildman–Crippen LogP) is 1.47. The van der Waals surface area contributed by atoms with Crippen molar-refractivity contribution in [3.63, 3.8) is 0 Å². The summed E-state index contributed by atoms with van der Waals surface area (Å²) in [5.74, 6) is -0.324. The summed E-state index contributed by atoms with van der Waals surface area (Å²) in [6.45, 7) is 0.691. The van der Waals surface area contributed by atoms with Crippen molar-refractivity contribution < 1.29 is 4.42 Å². The number of nitrogens with zero attached hydrogens (tertiary/aromatic N) is 2. The van der Waals surface area contributed by atoms with Crippen molar-refractivity contribution in [3.05, 3.63) is 34.3 Å². The molecule has 0 fully saturated rings. The molecule has 2 rings (SSSR count). The normalized spacial score (nSPS) is 13.3. The van der Waals surface area contributed by atoms with Gasteiger partial charge in [-0.3, -0.25) is 4.57 Å². The van der Waals surface area contributed by atoms with E-state index in [0.717, 1.165) is 18.4 Å². The molecule has 1 unspecified atom stereocenters. The van der Waals surface area contributed by atoms with Crippen LogP contribution in [0.1, 0.15) is 24.4 Å². The lowest BCUT2D eigenvalue weighted by Gasteiger charge is -2.24. The number of aromatic nitrogens is 1. The van der Waals surface area contributed by atoms with Crippen LogP contribution in [-0.4, -0.2) is 30.1 Å². The van der Waals surface area contributed by atoms with Crippen molar-refractivity contribution in [2.45, 2.75) is 18.9 Å². The summed E-state index contributed by atoms with van der Waals surface area (Å²) in [4.78, 5) is 13.7. The van der Waals surface area contributed by atoms with Gasteiger partial charge in [0.1, 0.15) is 0 Å². The zero-order valence-electron chi connectivity index (χ0n) is 11.7. The Labute approximate surface area is 112 Å². The van der Waals surface area contributed by atoms with Crippen molar-refractivity contribution in [3.8, 4) is 0 Å². The first kappa shape index (κ1) is 13.8. The van der Waals surface area contributed by atoms with Gasteiger partial charge in [-0.1, -0.05) is 6.07 Å². The molecule has 1 atom stereocenters. The fraction of sp³-hybridized carbons (Fsp3) is 0.500. The maximum absolute atomic E-state index is 11.5. The third-order valence-corrected chi connectivity index (χ3v) is 3.51. The highest BCUT2D eigenvalue weighted by Gasteiger charge is 2.15. The molecule has 0 saturated carbocycles. The van der Waals surface area contributed by atoms with Gasteiger partial charge >= 0.3 is 5.76 Å². The van der Waals surface area contributed by atoms with E-state index in [1.54, 1.807) is 7.05 Å². The van der Waals surface area contributed by atoms with Gasteiger partial charge in [0, 0.05) is 13.1 Å². The summed E-state index contributed by atoms with van der Waals surface area (Å²) in [7, 11) is 5.84. The van der Waals surface area contributed by atoms with E-state index >= 15 is 0 Å². The van der Waals surface area contributed by atoms with E-state index in [1.807, 2.05) is 18.2 Å². The smallest absolute Gasteiger partial charge is 0.408 e. The number of aryl methyl sites for hydroxylation is 1. The second-order valence-corrected chi connectivity index (χ2v) is 5.06. The Kier molecular flexibility index (Phi) is 4.07. The lowest BCUT2D eigenvalue weighted by Crippen LogP contribution is -2.21. The van der Waals surface area contributed by atoms with Crippen LogP contribution in [0, 0.1) is 0 Å². The van der Waals surface area contributed by atoms with Crippen molar-refractivity contribution >= 4 is 11.1 Å². The molecule has 0 amide bonds. The minimum atomic E-state index is -0.324. The molecule has 5 heteroatoms. The van der Waals surface area contributed by atoms with Crippen LogP contribution in [0.3, 0.4) is 0 Å². The molecule has 1 aromatic carbocycles. The molecule has 19 heavy (non-hydrogen) atoms. The minimum Gasteiger partial charge on any atom is -0.408 e. The number of hydrogen-bond donors (Lipinski definition) is 1. The van der Waals surface area contributed by atoms with Gasteiger partial charge in [0.15, 0.2) is 5.58 Å². The summed E-state index contributed by atoms with van der Waals surface area (Å²) in [6.07, 6.45) is 1.98. The van der Waals surface area contributed by atoms with E-state index in [1.165, 1.54) is 10.1 Å². The highest BCUT2D eigenvalue weighted by atomic mass is 16.4. The summed E-state index contributed by atoms with van der Waals surface area (Å²) < 4.78 is 6.69. The third-order valence-electron chi connectivity index (χ3n) is 3.51. The largest absolute Gasteiger partial charge is 0.419 e. The molecule has 0 saturated heterocycles. The topological polar surface area (TPSA) is 64.4 Å². The summed E-state index contributed by atoms with van der Waals surface area (Å²) in [6, 6.07) is 6.22. The number of nitrogens with two attached hydrogens (primary N) is 1. The average Bonchev–Trinajstić information content (AvgIpc) is 2.66. The molecule has 0 aliphatic carbocycles. The molecule has 0 radical (unpaired) electrons. The van der Waals surface area contributed by atoms with Crippen molar-refractivity contribution in [2.24, 2.45) is 12.8 Å². The maximum Gasteiger partial charge on any atom is 0.419 e. The molecule has 0 aliphatic rings. The second-order valence-electron chi connectivity index (χ2n) is 5.06. The first-order valence-electron chi connectivity index (χ1n) is 6.50. The van der Waals surface area contributed by atoms with Crippen LogP contribution in [0.15, 0.2) is 27.4 Å². The van der Waals surface area contributed by atoms with E-state index in [2.05, 4.69) is 19.0 Å². The Morgan fingerprint density at radius 2 is 2.16 bits per heavy atom. The van der Waals surface area contributed by atoms with Gasteiger partial charge in [0.2, 0.25) is 0 Å². The van der Waals surface area contributed by atoms with Crippen LogP contribution in [-0.2, 0) is 7.05 Å². The number of fused-ring (bicyclic) bond motifs is 1. The van der Waals surface area contributed by atoms with Crippen LogP contribution in [0.5, 0.6) is 0 Å². The van der Waals surface area contributed by atoms with Crippen LogP contribution in [0.2, 0.25) is 0 Å². The molecule has 1 heterocycles. The number of hydrogen-bond acceptors (Lipinski definition) is 4. The molecule has 5 nitrogen and oxygen atoms in total. The third kappa shape index (κ3) is 2.72. The highest BCUT2D eigenvalue weighted by molar-refractivity contribution is 5.73.